The monoisotopic (exact) mass is 1070 g/mol. The number of aliphatic hydroxyl groups is 1. The largest absolute Gasteiger partial charge is 0.491 e. The molecule has 0 saturated carbocycles. The van der Waals surface area contributed by atoms with Gasteiger partial charge in [-0.15, -0.1) is 0 Å². The Hall–Kier alpha value is -9.29. The highest BCUT2D eigenvalue weighted by molar-refractivity contribution is 6.23. The van der Waals surface area contributed by atoms with Crippen LogP contribution in [-0.4, -0.2) is 113 Å². The lowest BCUT2D eigenvalue weighted by Gasteiger charge is -2.46. The molecule has 5 amide bonds. The quantitative estimate of drug-likeness (QED) is 0.0515. The van der Waals surface area contributed by atoms with Crippen LogP contribution in [-0.2, 0) is 42.4 Å². The fraction of sp³-hybridized carbons (Fsp3) is 0.271. The Morgan fingerprint density at radius 3 is 2.23 bits per heavy atom. The number of morpholine rings is 1. The van der Waals surface area contributed by atoms with Crippen LogP contribution < -0.4 is 30.2 Å². The van der Waals surface area contributed by atoms with Crippen molar-refractivity contribution >= 4 is 41.3 Å². The summed E-state index contributed by atoms with van der Waals surface area (Å²) in [5, 5.41) is 23.9. The van der Waals surface area contributed by atoms with Crippen LogP contribution in [0, 0.1) is 27.9 Å². The summed E-state index contributed by atoms with van der Waals surface area (Å²) in [5.41, 5.74) is 6.68. The molecule has 5 heterocycles. The smallest absolute Gasteiger partial charge is 0.421 e. The SMILES string of the molecule is NC(=O)NCC#Cc1ccc2c(c1)C1(C(=O)N2C(=O)OCc2ccc([N+](=O)[O-])cc2)C(C(=O)N2CCN(Cc3ccc4c(c3)OCO4)CC2)C2C(=O)OC(c3ccccc3)C(c3ccccc3)N2C1c1cccc(OCCO)c1. The zero-order valence-corrected chi connectivity index (χ0v) is 42.5. The Kier molecular flexibility index (Phi) is 14.4. The minimum atomic E-state index is -2.18. The van der Waals surface area contributed by atoms with Gasteiger partial charge in [-0.1, -0.05) is 90.7 Å². The lowest BCUT2D eigenvalue weighted by molar-refractivity contribution is -0.384. The third kappa shape index (κ3) is 9.79. The van der Waals surface area contributed by atoms with Gasteiger partial charge in [0.15, 0.2) is 11.5 Å². The number of carbonyl (C=O) groups excluding carboxylic acids is 5. The number of esters is 1. The molecule has 5 aliphatic rings. The molecule has 20 nitrogen and oxygen atoms in total. The molecule has 3 fully saturated rings. The van der Waals surface area contributed by atoms with E-state index < -0.39 is 77.0 Å². The minimum absolute atomic E-state index is 0.0487. The van der Waals surface area contributed by atoms with E-state index >= 15 is 19.2 Å². The maximum atomic E-state index is 16.8. The number of anilines is 1. The molecule has 20 heteroatoms. The topological polar surface area (TPSA) is 246 Å². The van der Waals surface area contributed by atoms with Gasteiger partial charge in [-0.25, -0.2) is 14.5 Å². The highest BCUT2D eigenvalue weighted by Crippen LogP contribution is 2.66. The number of rotatable bonds is 13. The number of nitrogens with one attached hydrogen (secondary N) is 1. The summed E-state index contributed by atoms with van der Waals surface area (Å²) < 4.78 is 29.8. The molecule has 79 heavy (non-hydrogen) atoms. The molecular formula is C59H53N7O13. The average molecular weight is 1070 g/mol. The van der Waals surface area contributed by atoms with Crippen molar-refractivity contribution < 1.29 is 57.7 Å². The van der Waals surface area contributed by atoms with E-state index in [4.69, 9.17) is 29.4 Å². The van der Waals surface area contributed by atoms with Gasteiger partial charge in [-0.2, -0.15) is 0 Å². The number of carbonyl (C=O) groups is 5. The number of urea groups is 1. The highest BCUT2D eigenvalue weighted by atomic mass is 16.7. The number of nitrogens with zero attached hydrogens (tertiary/aromatic N) is 5. The molecule has 1 spiro atoms. The van der Waals surface area contributed by atoms with Crippen LogP contribution in [0.3, 0.4) is 0 Å². The maximum absolute atomic E-state index is 16.8. The van der Waals surface area contributed by atoms with Crippen molar-refractivity contribution in [1.82, 2.24) is 20.0 Å². The molecule has 6 aromatic rings. The molecule has 0 radical (unpaired) electrons. The summed E-state index contributed by atoms with van der Waals surface area (Å²) >= 11 is 0. The van der Waals surface area contributed by atoms with Crippen molar-refractivity contribution in [2.75, 3.05) is 57.6 Å². The Morgan fingerprint density at radius 2 is 1.51 bits per heavy atom. The molecule has 402 valence electrons. The number of fused-ring (bicyclic) bond motifs is 4. The van der Waals surface area contributed by atoms with E-state index in [1.165, 1.54) is 30.3 Å². The number of nitrogens with two attached hydrogens (primary N) is 1. The van der Waals surface area contributed by atoms with Gasteiger partial charge < -0.3 is 44.7 Å². The summed E-state index contributed by atoms with van der Waals surface area (Å²) in [5.74, 6) is 3.74. The Labute approximate surface area is 453 Å². The number of benzene rings is 6. The van der Waals surface area contributed by atoms with Crippen molar-refractivity contribution in [3.63, 3.8) is 0 Å². The van der Waals surface area contributed by atoms with E-state index in [1.807, 2.05) is 83.8 Å². The fourth-order valence-corrected chi connectivity index (χ4v) is 11.7. The summed E-state index contributed by atoms with van der Waals surface area (Å²) in [6.07, 6.45) is -2.12. The third-order valence-electron chi connectivity index (χ3n) is 15.1. The lowest BCUT2D eigenvalue weighted by atomic mass is 9.64. The number of nitro groups is 1. The van der Waals surface area contributed by atoms with E-state index in [2.05, 4.69) is 22.1 Å². The van der Waals surface area contributed by atoms with E-state index in [0.29, 0.717) is 64.7 Å². The second-order valence-corrected chi connectivity index (χ2v) is 19.6. The van der Waals surface area contributed by atoms with E-state index in [9.17, 15) is 20.0 Å². The van der Waals surface area contributed by atoms with Crippen LogP contribution in [0.25, 0.3) is 0 Å². The van der Waals surface area contributed by atoms with E-state index in [0.717, 1.165) is 10.5 Å². The first-order valence-electron chi connectivity index (χ1n) is 25.7. The molecule has 11 rings (SSSR count). The molecule has 0 bridgehead atoms. The predicted octanol–water partition coefficient (Wildman–Crippen LogP) is 6.06. The number of nitro benzene ring substituents is 1. The zero-order chi connectivity index (χ0) is 54.8. The van der Waals surface area contributed by atoms with Gasteiger partial charge in [0.1, 0.15) is 36.5 Å². The van der Waals surface area contributed by atoms with E-state index in [-0.39, 0.29) is 56.6 Å². The van der Waals surface area contributed by atoms with Gasteiger partial charge in [-0.3, -0.25) is 34.3 Å². The lowest BCUT2D eigenvalue weighted by Crippen LogP contribution is -2.59. The predicted molar refractivity (Wildman–Crippen MR) is 283 cm³/mol. The molecule has 5 aliphatic heterocycles. The summed E-state index contributed by atoms with van der Waals surface area (Å²) in [6, 6.07) is 36.9. The molecule has 6 unspecified atom stereocenters. The second-order valence-electron chi connectivity index (χ2n) is 19.6. The number of amides is 5. The molecule has 0 aromatic heterocycles. The maximum Gasteiger partial charge on any atom is 0.421 e. The van der Waals surface area contributed by atoms with Gasteiger partial charge in [0, 0.05) is 50.4 Å². The average Bonchev–Trinajstić information content (AvgIpc) is 4.35. The first kappa shape index (κ1) is 51.8. The van der Waals surface area contributed by atoms with Crippen LogP contribution in [0.1, 0.15) is 57.1 Å². The number of hydrogen-bond acceptors (Lipinski definition) is 15. The first-order chi connectivity index (χ1) is 38.4. The normalized spacial score (nSPS) is 22.1. The number of aliphatic hydroxyl groups excluding tert-OH is 1. The molecule has 0 aliphatic carbocycles. The van der Waals surface area contributed by atoms with Gasteiger partial charge in [0.25, 0.3) is 5.69 Å². The highest BCUT2D eigenvalue weighted by Gasteiger charge is 2.76. The molecule has 6 aromatic carbocycles. The Balaban J connectivity index is 1.11. The van der Waals surface area contributed by atoms with Crippen molar-refractivity contribution in [2.24, 2.45) is 11.7 Å². The summed E-state index contributed by atoms with van der Waals surface area (Å²) in [6.45, 7) is 0.969. The minimum Gasteiger partial charge on any atom is -0.491 e. The molecule has 6 atom stereocenters. The molecule has 3 saturated heterocycles. The molecule has 4 N–H and O–H groups in total. The van der Waals surface area contributed by atoms with Crippen LogP contribution >= 0.6 is 0 Å². The number of hydrogen-bond donors (Lipinski definition) is 3. The zero-order valence-electron chi connectivity index (χ0n) is 42.5. The fourth-order valence-electron chi connectivity index (χ4n) is 11.7. The van der Waals surface area contributed by atoms with E-state index in [1.54, 1.807) is 41.3 Å². The van der Waals surface area contributed by atoms with Crippen LogP contribution in [0.2, 0.25) is 0 Å². The summed E-state index contributed by atoms with van der Waals surface area (Å²) in [7, 11) is 0. The molecular weight excluding hydrogens is 1010 g/mol. The second kappa shape index (κ2) is 22.0. The third-order valence-corrected chi connectivity index (χ3v) is 15.1. The van der Waals surface area contributed by atoms with Crippen LogP contribution in [0.5, 0.6) is 17.2 Å². The van der Waals surface area contributed by atoms with Crippen molar-refractivity contribution in [3.8, 4) is 29.1 Å². The number of primary amides is 1. The van der Waals surface area contributed by atoms with Gasteiger partial charge in [0.05, 0.1) is 41.8 Å². The van der Waals surface area contributed by atoms with Gasteiger partial charge in [-0.05, 0) is 88.0 Å². The first-order valence-corrected chi connectivity index (χ1v) is 25.7. The van der Waals surface area contributed by atoms with Crippen molar-refractivity contribution in [3.05, 3.63) is 195 Å². The number of piperazine rings is 1. The number of ether oxygens (including phenoxy) is 5. The Morgan fingerprint density at radius 1 is 0.797 bits per heavy atom. The number of non-ortho nitro benzene ring substituents is 1. The number of cyclic esters (lactones) is 1. The van der Waals surface area contributed by atoms with Gasteiger partial charge in [0.2, 0.25) is 18.6 Å². The van der Waals surface area contributed by atoms with Crippen LogP contribution in [0.15, 0.2) is 146 Å². The summed E-state index contributed by atoms with van der Waals surface area (Å²) in [4.78, 5) is 93.4. The standard InChI is InChI=1S/C59H53N7O13/c60-57(71)61-24-8-9-37-18-22-46-45(31-37)59(56(70)64(46)58(72)76-35-38-16-20-43(21-17-38)66(73)74)49(54(68)63-27-25-62(26-28-63)34-39-19-23-47-48(32-39)78-36-77-47)51-55(69)79-52(41-12-5-2-6-13-41)50(40-10-3-1-4-11-40)65(51)53(59)42-14-7-15-44(33-42)75-30-29-67/h1-7,10-23,31-33,49-53,67H,24-30,34-36H2,(H3,60,61,71). The van der Waals surface area contributed by atoms with Crippen molar-refractivity contribution in [1.29, 1.82) is 0 Å². The number of imide groups is 1. The van der Waals surface area contributed by atoms with Crippen molar-refractivity contribution in [2.45, 2.75) is 42.8 Å². The Bertz CT molecular complexity index is 3400. The van der Waals surface area contributed by atoms with Gasteiger partial charge >= 0.3 is 18.1 Å². The van der Waals surface area contributed by atoms with Crippen LogP contribution in [0.4, 0.5) is 21.0 Å².